The van der Waals surface area contributed by atoms with Crippen molar-refractivity contribution in [3.05, 3.63) is 60.2 Å². The molecule has 3 aromatic rings. The van der Waals surface area contributed by atoms with Gasteiger partial charge in [-0.15, -0.1) is 0 Å². The second-order valence-electron chi connectivity index (χ2n) is 10.8. The molecule has 1 fully saturated rings. The fourth-order valence-corrected chi connectivity index (χ4v) is 6.62. The molecule has 9 nitrogen and oxygen atoms in total. The highest BCUT2D eigenvalue weighted by Crippen LogP contribution is 2.49. The molecule has 0 N–H and O–H groups in total. The molecule has 0 spiro atoms. The topological polar surface area (TPSA) is 72.9 Å². The summed E-state index contributed by atoms with van der Waals surface area (Å²) in [7, 11) is 4.51. The van der Waals surface area contributed by atoms with Crippen LogP contribution in [0.2, 0.25) is 0 Å². The maximum absolute atomic E-state index is 13.5. The first-order chi connectivity index (χ1) is 22.2. The number of hydrogen-bond acceptors (Lipinski definition) is 10. The van der Waals surface area contributed by atoms with Crippen LogP contribution in [0.4, 0.5) is 24.5 Å². The number of rotatable bonds is 13. The van der Waals surface area contributed by atoms with Crippen LogP contribution >= 0.6 is 11.8 Å². The highest BCUT2D eigenvalue weighted by atomic mass is 32.2. The Hall–Kier alpha value is -3.81. The molecule has 0 saturated carbocycles. The highest BCUT2D eigenvalue weighted by molar-refractivity contribution is 7.99. The van der Waals surface area contributed by atoms with Gasteiger partial charge in [0.15, 0.2) is 18.1 Å². The number of carbonyl (C=O) groups excluding carboxylic acids is 1. The zero-order chi connectivity index (χ0) is 32.7. The molecular weight excluding hydrogens is 623 g/mol. The van der Waals surface area contributed by atoms with Crippen LogP contribution in [0.1, 0.15) is 12.0 Å². The van der Waals surface area contributed by atoms with Gasteiger partial charge in [0.05, 0.1) is 38.3 Å². The first-order valence-corrected chi connectivity index (χ1v) is 15.8. The van der Waals surface area contributed by atoms with Gasteiger partial charge in [-0.25, -0.2) is 4.79 Å². The number of benzene rings is 3. The summed E-state index contributed by atoms with van der Waals surface area (Å²) in [5, 5.41) is 0. The third kappa shape index (κ3) is 8.12. The number of piperazine rings is 1. The van der Waals surface area contributed by atoms with Crippen molar-refractivity contribution < 1.29 is 41.7 Å². The lowest BCUT2D eigenvalue weighted by molar-refractivity contribution is -0.146. The van der Waals surface area contributed by atoms with Gasteiger partial charge in [-0.05, 0) is 43.3 Å². The Morgan fingerprint density at radius 1 is 0.804 bits per heavy atom. The van der Waals surface area contributed by atoms with Crippen LogP contribution in [0, 0.1) is 0 Å². The van der Waals surface area contributed by atoms with Gasteiger partial charge in [0.2, 0.25) is 5.75 Å². The lowest BCUT2D eigenvalue weighted by atomic mass is 10.1. The van der Waals surface area contributed by atoms with Crippen LogP contribution in [0.5, 0.6) is 23.0 Å². The van der Waals surface area contributed by atoms with E-state index in [1.54, 1.807) is 18.2 Å². The number of esters is 1. The molecule has 2 heterocycles. The number of carbonyl (C=O) groups is 1. The minimum atomic E-state index is -4.39. The zero-order valence-electron chi connectivity index (χ0n) is 26.1. The molecule has 3 aromatic carbocycles. The van der Waals surface area contributed by atoms with Gasteiger partial charge >= 0.3 is 12.1 Å². The lowest BCUT2D eigenvalue weighted by Gasteiger charge is -2.36. The molecule has 13 heteroatoms. The van der Waals surface area contributed by atoms with E-state index in [0.29, 0.717) is 41.8 Å². The number of hydrogen-bond donors (Lipinski definition) is 0. The van der Waals surface area contributed by atoms with Crippen LogP contribution in [-0.2, 0) is 15.7 Å². The SMILES string of the molecule is COc1cc(OCC(=O)OCCN2CCN(CCCN3c4ccccc4Sc4ccc(C(F)(F)F)cc43)CC2)cc(OC)c1OC. The van der Waals surface area contributed by atoms with Crippen LogP contribution in [-0.4, -0.2) is 96.1 Å². The summed E-state index contributed by atoms with van der Waals surface area (Å²) in [6.45, 7) is 5.45. The molecule has 0 amide bonds. The third-order valence-corrected chi connectivity index (χ3v) is 9.07. The van der Waals surface area contributed by atoms with Gasteiger partial charge in [0.1, 0.15) is 12.4 Å². The van der Waals surface area contributed by atoms with Gasteiger partial charge < -0.3 is 33.5 Å². The molecule has 248 valence electrons. The normalized spacial score (nSPS) is 15.1. The van der Waals surface area contributed by atoms with E-state index < -0.39 is 17.7 Å². The van der Waals surface area contributed by atoms with E-state index in [4.69, 9.17) is 23.7 Å². The zero-order valence-corrected chi connectivity index (χ0v) is 26.9. The van der Waals surface area contributed by atoms with Crippen molar-refractivity contribution in [1.29, 1.82) is 0 Å². The monoisotopic (exact) mass is 661 g/mol. The molecule has 1 saturated heterocycles. The molecule has 0 aromatic heterocycles. The van der Waals surface area contributed by atoms with Crippen molar-refractivity contribution in [2.24, 2.45) is 0 Å². The van der Waals surface area contributed by atoms with Crippen LogP contribution in [0.25, 0.3) is 0 Å². The Morgan fingerprint density at radius 3 is 2.11 bits per heavy atom. The second kappa shape index (κ2) is 15.2. The Balaban J connectivity index is 1.04. The summed E-state index contributed by atoms with van der Waals surface area (Å²) in [5.41, 5.74) is 0.906. The van der Waals surface area contributed by atoms with Crippen molar-refractivity contribution in [2.75, 3.05) is 85.3 Å². The van der Waals surface area contributed by atoms with E-state index in [2.05, 4.69) is 9.80 Å². The first-order valence-electron chi connectivity index (χ1n) is 15.0. The fraction of sp³-hybridized carbons (Fsp3) is 0.424. The van der Waals surface area contributed by atoms with E-state index in [1.807, 2.05) is 29.2 Å². The van der Waals surface area contributed by atoms with Crippen molar-refractivity contribution >= 4 is 29.1 Å². The van der Waals surface area contributed by atoms with E-state index in [1.165, 1.54) is 39.2 Å². The molecule has 0 aliphatic carbocycles. The smallest absolute Gasteiger partial charge is 0.416 e. The van der Waals surface area contributed by atoms with Crippen molar-refractivity contribution in [3.8, 4) is 23.0 Å². The predicted molar refractivity (Wildman–Crippen MR) is 169 cm³/mol. The maximum atomic E-state index is 13.5. The number of ether oxygens (including phenoxy) is 5. The fourth-order valence-electron chi connectivity index (χ4n) is 5.55. The standard InChI is InChI=1S/C33H38F3N3O6S/c1-41-27-20-24(21-28(42-2)32(27)43-3)45-22-31(40)44-18-17-38-15-13-37(14-16-38)11-6-12-39-25-7-4-5-8-29(25)46-30-10-9-23(19-26(30)39)33(34,35)36/h4-5,7-10,19-21H,6,11-18,22H2,1-3H3. The Morgan fingerprint density at radius 2 is 1.46 bits per heavy atom. The molecular formula is C33H38F3N3O6S. The van der Waals surface area contributed by atoms with E-state index in [-0.39, 0.29) is 13.2 Å². The Labute approximate surface area is 271 Å². The summed E-state index contributed by atoms with van der Waals surface area (Å²) in [4.78, 5) is 20.8. The molecule has 0 atom stereocenters. The Kier molecular flexibility index (Phi) is 11.1. The summed E-state index contributed by atoms with van der Waals surface area (Å²) in [6.07, 6.45) is -3.59. The molecule has 0 radical (unpaired) electrons. The van der Waals surface area contributed by atoms with Gasteiger partial charge in [-0.1, -0.05) is 23.9 Å². The average Bonchev–Trinajstić information content (AvgIpc) is 3.06. The van der Waals surface area contributed by atoms with Crippen molar-refractivity contribution in [1.82, 2.24) is 9.80 Å². The van der Waals surface area contributed by atoms with E-state index >= 15 is 0 Å². The van der Waals surface area contributed by atoms with Gasteiger partial charge in [-0.3, -0.25) is 4.90 Å². The number of methoxy groups -OCH3 is 3. The number of halogens is 3. The van der Waals surface area contributed by atoms with Gasteiger partial charge in [0, 0.05) is 61.2 Å². The van der Waals surface area contributed by atoms with E-state index in [0.717, 1.165) is 60.7 Å². The quantitative estimate of drug-likeness (QED) is 0.205. The molecule has 5 rings (SSSR count). The molecule has 2 aliphatic heterocycles. The van der Waals surface area contributed by atoms with Crippen molar-refractivity contribution in [3.63, 3.8) is 0 Å². The van der Waals surface area contributed by atoms with Crippen LogP contribution in [0.15, 0.2) is 64.4 Å². The number of alkyl halides is 3. The molecule has 2 aliphatic rings. The minimum absolute atomic E-state index is 0.253. The highest BCUT2D eigenvalue weighted by Gasteiger charge is 2.33. The largest absolute Gasteiger partial charge is 0.493 e. The number of anilines is 2. The lowest BCUT2D eigenvalue weighted by Crippen LogP contribution is -2.47. The van der Waals surface area contributed by atoms with Crippen molar-refractivity contribution in [2.45, 2.75) is 22.4 Å². The minimum Gasteiger partial charge on any atom is -0.493 e. The Bertz CT molecular complexity index is 1470. The van der Waals surface area contributed by atoms with Gasteiger partial charge in [0.25, 0.3) is 0 Å². The average molecular weight is 662 g/mol. The summed E-state index contributed by atoms with van der Waals surface area (Å²) >= 11 is 1.50. The first kappa shape index (κ1) is 33.6. The summed E-state index contributed by atoms with van der Waals surface area (Å²) < 4.78 is 67.4. The van der Waals surface area contributed by atoms with Gasteiger partial charge in [-0.2, -0.15) is 13.2 Å². The summed E-state index contributed by atoms with van der Waals surface area (Å²) in [6, 6.07) is 15.1. The molecule has 0 bridgehead atoms. The summed E-state index contributed by atoms with van der Waals surface area (Å²) in [5.74, 6) is 1.19. The van der Waals surface area contributed by atoms with Crippen LogP contribution in [0.3, 0.4) is 0 Å². The maximum Gasteiger partial charge on any atom is 0.416 e. The molecule has 0 unspecified atom stereocenters. The van der Waals surface area contributed by atoms with Crippen LogP contribution < -0.4 is 23.8 Å². The van der Waals surface area contributed by atoms with E-state index in [9.17, 15) is 18.0 Å². The third-order valence-electron chi connectivity index (χ3n) is 7.94. The number of fused-ring (bicyclic) bond motifs is 2. The second-order valence-corrected chi connectivity index (χ2v) is 11.9. The predicted octanol–water partition coefficient (Wildman–Crippen LogP) is 5.96. The number of nitrogens with zero attached hydrogens (tertiary/aromatic N) is 3. The number of para-hydroxylation sites is 1. The molecule has 46 heavy (non-hydrogen) atoms.